The van der Waals surface area contributed by atoms with Crippen molar-refractivity contribution >= 4 is 45.2 Å². The van der Waals surface area contributed by atoms with Gasteiger partial charge in [-0.15, -0.1) is 0 Å². The third kappa shape index (κ3) is 5.20. The Morgan fingerprint density at radius 2 is 2.33 bits per heavy atom. The first kappa shape index (κ1) is 7.20. The largest absolute Gasteiger partial charge is 0.0818 e. The molecule has 0 nitrogen and oxygen atoms in total. The van der Waals surface area contributed by atoms with Crippen LogP contribution >= 0.6 is 45.2 Å². The summed E-state index contributed by atoms with van der Waals surface area (Å²) >= 11 is 4.62. The molecule has 2 heteroatoms. The van der Waals surface area contributed by atoms with Crippen LogP contribution in [0, 0.1) is 0 Å². The van der Waals surface area contributed by atoms with Crippen molar-refractivity contribution in [1.82, 2.24) is 0 Å². The highest BCUT2D eigenvalue weighted by molar-refractivity contribution is 14.1. The Morgan fingerprint density at radius 1 is 1.83 bits per heavy atom. The molecule has 0 radical (unpaired) electrons. The zero-order chi connectivity index (χ0) is 4.99. The van der Waals surface area contributed by atoms with E-state index < -0.39 is 0 Å². The summed E-state index contributed by atoms with van der Waals surface area (Å²) < 4.78 is 2.51. The van der Waals surface area contributed by atoms with Crippen molar-refractivity contribution in [3.8, 4) is 0 Å². The average molecular weight is 308 g/mol. The number of hydrogen-bond acceptors (Lipinski definition) is 0. The molecule has 6 heavy (non-hydrogen) atoms. The van der Waals surface area contributed by atoms with E-state index in [0.29, 0.717) is 0 Å². The van der Waals surface area contributed by atoms with Crippen LogP contribution in [0.4, 0.5) is 0 Å². The van der Waals surface area contributed by atoms with E-state index in [1.807, 2.05) is 0 Å². The minimum absolute atomic E-state index is 1.13. The van der Waals surface area contributed by atoms with E-state index >= 15 is 0 Å². The number of hydrogen-bond donors (Lipinski definition) is 0. The van der Waals surface area contributed by atoms with E-state index in [4.69, 9.17) is 0 Å². The van der Waals surface area contributed by atoms with Crippen LogP contribution in [0.5, 0.6) is 0 Å². The van der Waals surface area contributed by atoms with Gasteiger partial charge in [-0.1, -0.05) is 28.7 Å². The van der Waals surface area contributed by atoms with Crippen LogP contribution < -0.4 is 0 Å². The third-order valence-electron chi connectivity index (χ3n) is 0.358. The van der Waals surface area contributed by atoms with Gasteiger partial charge in [-0.05, 0) is 33.1 Å². The summed E-state index contributed by atoms with van der Waals surface area (Å²) in [6.45, 7) is 2.10. The lowest BCUT2D eigenvalue weighted by atomic mass is 10.6. The highest BCUT2D eigenvalue weighted by atomic mass is 127. The lowest BCUT2D eigenvalue weighted by Gasteiger charge is -1.76. The Hall–Kier alpha value is 1.20. The molecule has 0 aromatic heterocycles. The Kier molecular flexibility index (Phi) is 5.23. The predicted octanol–water partition coefficient (Wildman–Crippen LogP) is 2.76. The van der Waals surface area contributed by atoms with E-state index in [2.05, 4.69) is 58.2 Å². The fraction of sp³-hybridized carbons (Fsp3) is 0.500. The molecule has 0 aromatic rings. The predicted molar refractivity (Wildman–Crippen MR) is 46.7 cm³/mol. The van der Waals surface area contributed by atoms with Crippen molar-refractivity contribution in [1.29, 1.82) is 0 Å². The fourth-order valence-corrected chi connectivity index (χ4v) is 1.83. The van der Waals surface area contributed by atoms with Gasteiger partial charge in [-0.3, -0.25) is 0 Å². The Morgan fingerprint density at radius 3 is 2.33 bits per heavy atom. The molecule has 0 saturated carbocycles. The first-order valence-electron chi connectivity index (χ1n) is 1.65. The van der Waals surface area contributed by atoms with E-state index in [9.17, 15) is 0 Å². The van der Waals surface area contributed by atoms with Gasteiger partial charge in [-0.25, -0.2) is 0 Å². The molecule has 36 valence electrons. The van der Waals surface area contributed by atoms with Crippen molar-refractivity contribution in [2.24, 2.45) is 0 Å². The molecule has 0 heterocycles. The standard InChI is InChI=1S/C4H6I2/c1-4(6)2-3-5/h2H,3H2,1H3/b4-2+. The summed E-state index contributed by atoms with van der Waals surface area (Å²) in [6, 6.07) is 0. The SMILES string of the molecule is C/C(I)=C\CI. The maximum atomic E-state index is 2.32. The Bertz CT molecular complexity index is 52.6. The van der Waals surface area contributed by atoms with Crippen LogP contribution in [0.2, 0.25) is 0 Å². The van der Waals surface area contributed by atoms with Crippen LogP contribution in [0.1, 0.15) is 6.92 Å². The van der Waals surface area contributed by atoms with Crippen molar-refractivity contribution in [3.63, 3.8) is 0 Å². The lowest BCUT2D eigenvalue weighted by Crippen LogP contribution is -1.57. The summed E-state index contributed by atoms with van der Waals surface area (Å²) in [5, 5.41) is 0. The van der Waals surface area contributed by atoms with E-state index in [1.165, 1.54) is 3.58 Å². The molecule has 0 bridgehead atoms. The highest BCUT2D eigenvalue weighted by Gasteiger charge is 1.70. The van der Waals surface area contributed by atoms with Crippen molar-refractivity contribution < 1.29 is 0 Å². The fourth-order valence-electron chi connectivity index (χ4n) is 0.106. The van der Waals surface area contributed by atoms with Gasteiger partial charge >= 0.3 is 0 Å². The molecule has 0 N–H and O–H groups in total. The molecule has 0 aliphatic rings. The van der Waals surface area contributed by atoms with Crippen LogP contribution in [0.25, 0.3) is 0 Å². The molecular formula is C4H6I2. The molecule has 0 amide bonds. The van der Waals surface area contributed by atoms with Gasteiger partial charge in [0.2, 0.25) is 0 Å². The summed E-state index contributed by atoms with van der Waals surface area (Å²) in [5.41, 5.74) is 0. The first-order chi connectivity index (χ1) is 2.77. The lowest BCUT2D eigenvalue weighted by molar-refractivity contribution is 1.66. The number of alkyl halides is 1. The van der Waals surface area contributed by atoms with E-state index in [0.717, 1.165) is 4.43 Å². The van der Waals surface area contributed by atoms with Gasteiger partial charge < -0.3 is 0 Å². The second-order valence-corrected chi connectivity index (χ2v) is 3.53. The molecule has 0 aliphatic carbocycles. The molecule has 0 rings (SSSR count). The maximum Gasteiger partial charge on any atom is 0.0185 e. The Balaban J connectivity index is 3.14. The zero-order valence-corrected chi connectivity index (χ0v) is 7.86. The normalized spacial score (nSPS) is 12.2. The maximum absolute atomic E-state index is 2.32. The summed E-state index contributed by atoms with van der Waals surface area (Å²) in [5.74, 6) is 0. The average Bonchev–Trinajstić information content (AvgIpc) is 1.35. The van der Waals surface area contributed by atoms with Crippen LogP contribution in [0.3, 0.4) is 0 Å². The molecule has 0 saturated heterocycles. The van der Waals surface area contributed by atoms with Crippen LogP contribution in [-0.2, 0) is 0 Å². The van der Waals surface area contributed by atoms with Crippen molar-refractivity contribution in [2.45, 2.75) is 6.92 Å². The minimum atomic E-state index is 1.13. The van der Waals surface area contributed by atoms with Gasteiger partial charge in [-0.2, -0.15) is 0 Å². The van der Waals surface area contributed by atoms with Gasteiger partial charge in [0, 0.05) is 4.43 Å². The molecule has 0 aromatic carbocycles. The van der Waals surface area contributed by atoms with E-state index in [1.54, 1.807) is 0 Å². The van der Waals surface area contributed by atoms with Crippen LogP contribution in [-0.4, -0.2) is 4.43 Å². The highest BCUT2D eigenvalue weighted by Crippen LogP contribution is 2.02. The minimum Gasteiger partial charge on any atom is -0.0818 e. The van der Waals surface area contributed by atoms with Gasteiger partial charge in [0.25, 0.3) is 0 Å². The third-order valence-corrected chi connectivity index (χ3v) is 1.24. The molecule has 0 fully saturated rings. The monoisotopic (exact) mass is 308 g/mol. The molecule has 0 spiro atoms. The molecule has 0 unspecified atom stereocenters. The van der Waals surface area contributed by atoms with Gasteiger partial charge in [0.05, 0.1) is 0 Å². The van der Waals surface area contributed by atoms with Crippen LogP contribution in [0.15, 0.2) is 9.66 Å². The van der Waals surface area contributed by atoms with Gasteiger partial charge in [0.15, 0.2) is 0 Å². The van der Waals surface area contributed by atoms with Crippen molar-refractivity contribution in [2.75, 3.05) is 4.43 Å². The summed E-state index contributed by atoms with van der Waals surface area (Å²) in [6.07, 6.45) is 2.18. The topological polar surface area (TPSA) is 0 Å². The quantitative estimate of drug-likeness (QED) is 0.516. The number of rotatable bonds is 1. The molecule has 0 atom stereocenters. The molecular weight excluding hydrogens is 302 g/mol. The smallest absolute Gasteiger partial charge is 0.0185 e. The summed E-state index contributed by atoms with van der Waals surface area (Å²) in [7, 11) is 0. The summed E-state index contributed by atoms with van der Waals surface area (Å²) in [4.78, 5) is 0. The second-order valence-electron chi connectivity index (χ2n) is 0.945. The van der Waals surface area contributed by atoms with E-state index in [-0.39, 0.29) is 0 Å². The van der Waals surface area contributed by atoms with Gasteiger partial charge in [0.1, 0.15) is 0 Å². The Labute approximate surface area is 65.7 Å². The number of allylic oxidation sites excluding steroid dienone is 2. The molecule has 0 aliphatic heterocycles. The number of halogens is 2. The first-order valence-corrected chi connectivity index (χ1v) is 4.26. The second kappa shape index (κ2) is 4.36. The van der Waals surface area contributed by atoms with Crippen molar-refractivity contribution in [3.05, 3.63) is 9.66 Å². The zero-order valence-electron chi connectivity index (χ0n) is 3.54.